The minimum Gasteiger partial charge on any atom is -0.381 e. The molecule has 1 aliphatic heterocycles. The Morgan fingerprint density at radius 1 is 1.47 bits per heavy atom. The van der Waals surface area contributed by atoms with Crippen molar-refractivity contribution in [2.45, 2.75) is 18.9 Å². The summed E-state index contributed by atoms with van der Waals surface area (Å²) in [7, 11) is 0. The van der Waals surface area contributed by atoms with Gasteiger partial charge in [-0.15, -0.1) is 0 Å². The molecule has 2 heterocycles. The Morgan fingerprint density at radius 2 is 2.29 bits per heavy atom. The Kier molecular flexibility index (Phi) is 4.91. The molecule has 0 amide bonds. The summed E-state index contributed by atoms with van der Waals surface area (Å²) in [4.78, 5) is 4.09. The highest BCUT2D eigenvalue weighted by Crippen LogP contribution is 2.20. The van der Waals surface area contributed by atoms with Gasteiger partial charge in [0, 0.05) is 37.7 Å². The molecule has 17 heavy (non-hydrogen) atoms. The van der Waals surface area contributed by atoms with Crippen molar-refractivity contribution in [3.05, 3.63) is 30.1 Å². The maximum absolute atomic E-state index is 5.90. The van der Waals surface area contributed by atoms with Crippen LogP contribution in [0.3, 0.4) is 0 Å². The molecule has 0 bridgehead atoms. The number of hydrogen-bond donors (Lipinski definition) is 1. The molecule has 0 aromatic carbocycles. The lowest BCUT2D eigenvalue weighted by Crippen LogP contribution is -2.24. The van der Waals surface area contributed by atoms with Gasteiger partial charge in [-0.25, -0.2) is 0 Å². The van der Waals surface area contributed by atoms with Crippen LogP contribution < -0.4 is 5.73 Å². The largest absolute Gasteiger partial charge is 0.381 e. The Labute approximate surface area is 102 Å². The van der Waals surface area contributed by atoms with Gasteiger partial charge in [-0.1, -0.05) is 6.07 Å². The molecule has 1 fully saturated rings. The van der Waals surface area contributed by atoms with Crippen molar-refractivity contribution >= 4 is 0 Å². The van der Waals surface area contributed by atoms with E-state index in [1.54, 1.807) is 6.20 Å². The summed E-state index contributed by atoms with van der Waals surface area (Å²) in [5.41, 5.74) is 6.80. The highest BCUT2D eigenvalue weighted by molar-refractivity contribution is 5.12. The van der Waals surface area contributed by atoms with E-state index in [4.69, 9.17) is 15.2 Å². The van der Waals surface area contributed by atoms with Gasteiger partial charge in [0.1, 0.15) is 0 Å². The molecule has 1 aliphatic rings. The van der Waals surface area contributed by atoms with Gasteiger partial charge in [-0.05, 0) is 24.8 Å². The summed E-state index contributed by atoms with van der Waals surface area (Å²) < 4.78 is 11.2. The maximum atomic E-state index is 5.90. The van der Waals surface area contributed by atoms with Gasteiger partial charge < -0.3 is 15.2 Å². The first-order chi connectivity index (χ1) is 8.40. The molecule has 0 saturated carbocycles. The van der Waals surface area contributed by atoms with Crippen LogP contribution in [0.1, 0.15) is 24.5 Å². The number of rotatable bonds is 5. The predicted molar refractivity (Wildman–Crippen MR) is 65.5 cm³/mol. The molecule has 1 atom stereocenters. The third-order valence-corrected chi connectivity index (χ3v) is 3.14. The third kappa shape index (κ3) is 3.77. The number of hydrogen-bond acceptors (Lipinski definition) is 4. The normalized spacial score (nSPS) is 19.1. The first-order valence-corrected chi connectivity index (χ1v) is 6.19. The zero-order valence-electron chi connectivity index (χ0n) is 10.0. The Bertz CT molecular complexity index is 312. The highest BCUT2D eigenvalue weighted by Gasteiger charge is 2.17. The predicted octanol–water partition coefficient (Wildman–Crippen LogP) is 1.52. The quantitative estimate of drug-likeness (QED) is 0.842. The van der Waals surface area contributed by atoms with Crippen molar-refractivity contribution < 1.29 is 9.47 Å². The van der Waals surface area contributed by atoms with Crippen LogP contribution in [0.4, 0.5) is 0 Å². The third-order valence-electron chi connectivity index (χ3n) is 3.14. The topological polar surface area (TPSA) is 57.4 Å². The molecule has 0 aliphatic carbocycles. The first-order valence-electron chi connectivity index (χ1n) is 6.19. The standard InChI is InChI=1S/C13H20N2O2/c14-8-13(12-2-1-5-15-9-12)17-10-11-3-6-16-7-4-11/h1-2,5,9,11,13H,3-4,6-8,10,14H2. The van der Waals surface area contributed by atoms with Crippen molar-refractivity contribution in [1.82, 2.24) is 4.98 Å². The van der Waals surface area contributed by atoms with Gasteiger partial charge in [-0.2, -0.15) is 0 Å². The minimum atomic E-state index is -0.0356. The molecule has 0 radical (unpaired) electrons. The lowest BCUT2D eigenvalue weighted by Gasteiger charge is -2.24. The number of pyridine rings is 1. The first kappa shape index (κ1) is 12.5. The Hall–Kier alpha value is -0.970. The number of nitrogens with zero attached hydrogens (tertiary/aromatic N) is 1. The summed E-state index contributed by atoms with van der Waals surface area (Å²) in [6, 6.07) is 3.92. The van der Waals surface area contributed by atoms with Crippen LogP contribution in [-0.4, -0.2) is 31.3 Å². The second-order valence-electron chi connectivity index (χ2n) is 4.40. The maximum Gasteiger partial charge on any atom is 0.0962 e. The van der Waals surface area contributed by atoms with Crippen LogP contribution in [0.15, 0.2) is 24.5 Å². The molecule has 1 aromatic rings. The van der Waals surface area contributed by atoms with E-state index in [2.05, 4.69) is 4.98 Å². The molecule has 94 valence electrons. The zero-order valence-corrected chi connectivity index (χ0v) is 10.0. The van der Waals surface area contributed by atoms with Crippen molar-refractivity contribution in [2.24, 2.45) is 11.7 Å². The summed E-state index contributed by atoms with van der Waals surface area (Å²) in [5.74, 6) is 0.606. The van der Waals surface area contributed by atoms with Gasteiger partial charge in [0.05, 0.1) is 12.7 Å². The second-order valence-corrected chi connectivity index (χ2v) is 4.40. The molecule has 1 aromatic heterocycles. The molecule has 1 unspecified atom stereocenters. The van der Waals surface area contributed by atoms with Crippen LogP contribution in [0.2, 0.25) is 0 Å². The van der Waals surface area contributed by atoms with Crippen LogP contribution in [0.25, 0.3) is 0 Å². The molecule has 2 rings (SSSR count). The fourth-order valence-electron chi connectivity index (χ4n) is 2.03. The Balaban J connectivity index is 1.83. The molecule has 4 heteroatoms. The molecule has 4 nitrogen and oxygen atoms in total. The molecule has 2 N–H and O–H groups in total. The number of aromatic nitrogens is 1. The van der Waals surface area contributed by atoms with Gasteiger partial charge in [0.25, 0.3) is 0 Å². The number of ether oxygens (including phenoxy) is 2. The van der Waals surface area contributed by atoms with Gasteiger partial charge in [0.2, 0.25) is 0 Å². The SMILES string of the molecule is NCC(OCC1CCOCC1)c1cccnc1. The van der Waals surface area contributed by atoms with Gasteiger partial charge in [0.15, 0.2) is 0 Å². The molecular formula is C13H20N2O2. The van der Waals surface area contributed by atoms with E-state index >= 15 is 0 Å². The van der Waals surface area contributed by atoms with Crippen LogP contribution >= 0.6 is 0 Å². The molecular weight excluding hydrogens is 216 g/mol. The summed E-state index contributed by atoms with van der Waals surface area (Å²) in [5, 5.41) is 0. The lowest BCUT2D eigenvalue weighted by atomic mass is 10.0. The van der Waals surface area contributed by atoms with Gasteiger partial charge >= 0.3 is 0 Å². The summed E-state index contributed by atoms with van der Waals surface area (Å²) in [6.45, 7) is 2.97. The number of nitrogens with two attached hydrogens (primary N) is 1. The second kappa shape index (κ2) is 6.69. The lowest BCUT2D eigenvalue weighted by molar-refractivity contribution is -0.00882. The van der Waals surface area contributed by atoms with E-state index in [0.717, 1.165) is 38.2 Å². The smallest absolute Gasteiger partial charge is 0.0962 e. The van der Waals surface area contributed by atoms with E-state index in [0.29, 0.717) is 12.5 Å². The minimum absolute atomic E-state index is 0.0356. The molecule has 1 saturated heterocycles. The fraction of sp³-hybridized carbons (Fsp3) is 0.615. The van der Waals surface area contributed by atoms with E-state index in [-0.39, 0.29) is 6.10 Å². The van der Waals surface area contributed by atoms with Crippen molar-refractivity contribution in [3.63, 3.8) is 0 Å². The van der Waals surface area contributed by atoms with Crippen LogP contribution in [0, 0.1) is 5.92 Å². The average Bonchev–Trinajstić information content (AvgIpc) is 2.42. The summed E-state index contributed by atoms with van der Waals surface area (Å²) >= 11 is 0. The van der Waals surface area contributed by atoms with Gasteiger partial charge in [-0.3, -0.25) is 4.98 Å². The van der Waals surface area contributed by atoms with Crippen molar-refractivity contribution in [2.75, 3.05) is 26.4 Å². The highest BCUT2D eigenvalue weighted by atomic mass is 16.5. The summed E-state index contributed by atoms with van der Waals surface area (Å²) in [6.07, 6.45) is 5.72. The van der Waals surface area contributed by atoms with E-state index in [1.165, 1.54) is 0 Å². The monoisotopic (exact) mass is 236 g/mol. The van der Waals surface area contributed by atoms with Crippen LogP contribution in [0.5, 0.6) is 0 Å². The van der Waals surface area contributed by atoms with Crippen LogP contribution in [-0.2, 0) is 9.47 Å². The van der Waals surface area contributed by atoms with E-state index in [9.17, 15) is 0 Å². The Morgan fingerprint density at radius 3 is 2.94 bits per heavy atom. The van der Waals surface area contributed by atoms with Crippen molar-refractivity contribution in [1.29, 1.82) is 0 Å². The van der Waals surface area contributed by atoms with E-state index in [1.807, 2.05) is 18.3 Å². The van der Waals surface area contributed by atoms with Crippen molar-refractivity contribution in [3.8, 4) is 0 Å². The fourth-order valence-corrected chi connectivity index (χ4v) is 2.03. The van der Waals surface area contributed by atoms with E-state index < -0.39 is 0 Å². The average molecular weight is 236 g/mol. The zero-order chi connectivity index (χ0) is 11.9. The molecule has 0 spiro atoms.